The Hall–Kier alpha value is -3.76. The fourth-order valence-electron chi connectivity index (χ4n) is 3.02. The molecule has 0 atom stereocenters. The lowest BCUT2D eigenvalue weighted by Gasteiger charge is -2.08. The van der Waals surface area contributed by atoms with Crippen LogP contribution in [0.15, 0.2) is 59.1 Å². The highest BCUT2D eigenvalue weighted by Gasteiger charge is 2.21. The molecular weight excluding hydrogens is 488 g/mol. The molecule has 3 aromatic carbocycles. The van der Waals surface area contributed by atoms with Crippen LogP contribution in [0.3, 0.4) is 0 Å². The van der Waals surface area contributed by atoms with Gasteiger partial charge in [0.1, 0.15) is 23.0 Å². The largest absolute Gasteiger partial charge is 0.497 e. The number of carbonyl (C=O) groups is 2. The first-order valence-electron chi connectivity index (χ1n) is 9.74. The Kier molecular flexibility index (Phi) is 7.75. The summed E-state index contributed by atoms with van der Waals surface area (Å²) in [5.74, 6) is 6.77. The predicted molar refractivity (Wildman–Crippen MR) is 128 cm³/mol. The van der Waals surface area contributed by atoms with Crippen molar-refractivity contribution in [3.63, 3.8) is 0 Å². The third-order valence-corrected chi connectivity index (χ3v) is 5.14. The maximum atomic E-state index is 13.0. The predicted octanol–water partition coefficient (Wildman–Crippen LogP) is 4.95. The van der Waals surface area contributed by atoms with Crippen molar-refractivity contribution < 1.29 is 28.5 Å². The molecule has 0 heterocycles. The van der Waals surface area contributed by atoms with Crippen molar-refractivity contribution in [2.45, 2.75) is 0 Å². The molecule has 3 aromatic rings. The summed E-state index contributed by atoms with van der Waals surface area (Å²) < 4.78 is 21.5. The van der Waals surface area contributed by atoms with Crippen molar-refractivity contribution >= 4 is 27.5 Å². The lowest BCUT2D eigenvalue weighted by atomic mass is 9.99. The molecule has 7 heteroatoms. The molecule has 33 heavy (non-hydrogen) atoms. The van der Waals surface area contributed by atoms with Crippen LogP contribution in [0.1, 0.15) is 31.8 Å². The molecule has 0 spiro atoms. The van der Waals surface area contributed by atoms with E-state index in [1.54, 1.807) is 56.7 Å². The van der Waals surface area contributed by atoms with Gasteiger partial charge < -0.3 is 18.9 Å². The Labute approximate surface area is 200 Å². The van der Waals surface area contributed by atoms with Gasteiger partial charge in [-0.3, -0.25) is 9.59 Å². The van der Waals surface area contributed by atoms with E-state index in [2.05, 4.69) is 27.8 Å². The molecule has 0 saturated heterocycles. The summed E-state index contributed by atoms with van der Waals surface area (Å²) in [6, 6.07) is 14.8. The number of halogens is 1. The molecule has 0 aliphatic carbocycles. The van der Waals surface area contributed by atoms with E-state index in [0.717, 1.165) is 0 Å². The first-order chi connectivity index (χ1) is 15.9. The Morgan fingerprint density at radius 1 is 0.576 bits per heavy atom. The fraction of sp³-hybridized carbons (Fsp3) is 0.154. The van der Waals surface area contributed by atoms with Crippen LogP contribution >= 0.6 is 15.9 Å². The van der Waals surface area contributed by atoms with Crippen molar-refractivity contribution in [3.05, 3.63) is 81.3 Å². The normalized spacial score (nSPS) is 9.97. The lowest BCUT2D eigenvalue weighted by molar-refractivity contribution is 0.0816. The minimum absolute atomic E-state index is 0.173. The van der Waals surface area contributed by atoms with Gasteiger partial charge in [0.2, 0.25) is 11.6 Å². The smallest absolute Gasteiger partial charge is 0.233 e. The SMILES string of the molecule is COc1cc(C#Cc2cc(Br)cc(C(=O)C(=O)c3cc(OC)cc(OC)c3)c2)cc(OC)c1. The average molecular weight is 509 g/mol. The second-order valence-electron chi connectivity index (χ2n) is 6.84. The van der Waals surface area contributed by atoms with Crippen molar-refractivity contribution in [1.82, 2.24) is 0 Å². The van der Waals surface area contributed by atoms with E-state index in [1.165, 1.54) is 26.4 Å². The summed E-state index contributed by atoms with van der Waals surface area (Å²) in [4.78, 5) is 25.8. The van der Waals surface area contributed by atoms with Crippen molar-refractivity contribution in [1.29, 1.82) is 0 Å². The zero-order chi connectivity index (χ0) is 24.0. The number of benzene rings is 3. The van der Waals surface area contributed by atoms with E-state index < -0.39 is 11.6 Å². The Bertz CT molecular complexity index is 1230. The van der Waals surface area contributed by atoms with Crippen LogP contribution in [0.25, 0.3) is 0 Å². The molecule has 6 nitrogen and oxygen atoms in total. The molecule has 0 radical (unpaired) electrons. The molecule has 0 fully saturated rings. The van der Waals surface area contributed by atoms with Crippen molar-refractivity contribution in [2.75, 3.05) is 28.4 Å². The summed E-state index contributed by atoms with van der Waals surface area (Å²) in [5, 5.41) is 0. The number of hydrogen-bond donors (Lipinski definition) is 0. The second kappa shape index (κ2) is 10.7. The third kappa shape index (κ3) is 5.93. The monoisotopic (exact) mass is 508 g/mol. The van der Waals surface area contributed by atoms with Crippen LogP contribution < -0.4 is 18.9 Å². The van der Waals surface area contributed by atoms with E-state index in [4.69, 9.17) is 18.9 Å². The lowest BCUT2D eigenvalue weighted by Crippen LogP contribution is -2.15. The van der Waals surface area contributed by atoms with Gasteiger partial charge in [-0.2, -0.15) is 0 Å². The van der Waals surface area contributed by atoms with Gasteiger partial charge in [0.25, 0.3) is 0 Å². The molecule has 0 aliphatic rings. The van der Waals surface area contributed by atoms with E-state index in [0.29, 0.717) is 38.6 Å². The van der Waals surface area contributed by atoms with Gasteiger partial charge in [0, 0.05) is 38.9 Å². The number of carbonyl (C=O) groups excluding carboxylic acids is 2. The Morgan fingerprint density at radius 2 is 0.970 bits per heavy atom. The molecular formula is C26H21BrO6. The molecule has 0 bridgehead atoms. The molecule has 168 valence electrons. The quantitative estimate of drug-likeness (QED) is 0.255. The number of ketones is 2. The number of ether oxygens (including phenoxy) is 4. The van der Waals surface area contributed by atoms with E-state index in [1.807, 2.05) is 0 Å². The van der Waals surface area contributed by atoms with Gasteiger partial charge in [-0.15, -0.1) is 0 Å². The number of hydrogen-bond acceptors (Lipinski definition) is 6. The number of rotatable bonds is 7. The van der Waals surface area contributed by atoms with Gasteiger partial charge in [-0.1, -0.05) is 27.8 Å². The van der Waals surface area contributed by atoms with Gasteiger partial charge in [-0.05, 0) is 42.5 Å². The zero-order valence-corrected chi connectivity index (χ0v) is 20.1. The Balaban J connectivity index is 1.94. The van der Waals surface area contributed by atoms with Crippen LogP contribution in [0, 0.1) is 11.8 Å². The first kappa shape index (κ1) is 23.9. The van der Waals surface area contributed by atoms with Gasteiger partial charge in [0.05, 0.1) is 28.4 Å². The number of methoxy groups -OCH3 is 4. The van der Waals surface area contributed by atoms with Crippen LogP contribution in [-0.4, -0.2) is 40.0 Å². The summed E-state index contributed by atoms with van der Waals surface area (Å²) in [5.41, 5.74) is 1.63. The van der Waals surface area contributed by atoms with Crippen LogP contribution in [0.2, 0.25) is 0 Å². The summed E-state index contributed by atoms with van der Waals surface area (Å²) >= 11 is 3.39. The molecule has 0 unspecified atom stereocenters. The van der Waals surface area contributed by atoms with E-state index in [-0.39, 0.29) is 11.1 Å². The van der Waals surface area contributed by atoms with Crippen LogP contribution in [0.4, 0.5) is 0 Å². The summed E-state index contributed by atoms with van der Waals surface area (Å²) in [6.07, 6.45) is 0. The van der Waals surface area contributed by atoms with Crippen LogP contribution in [0.5, 0.6) is 23.0 Å². The minimum atomic E-state index is -0.679. The molecule has 0 N–H and O–H groups in total. The molecule has 3 rings (SSSR count). The standard InChI is InChI=1S/C26H21BrO6/c1-30-21-9-17(10-22(14-21)31-2)6-5-16-7-18(11-20(27)8-16)25(28)26(29)19-12-23(32-3)15-24(13-19)33-4/h7-15H,1-4H3. The van der Waals surface area contributed by atoms with Crippen LogP contribution in [-0.2, 0) is 0 Å². The zero-order valence-electron chi connectivity index (χ0n) is 18.5. The highest BCUT2D eigenvalue weighted by Crippen LogP contribution is 2.25. The topological polar surface area (TPSA) is 71.1 Å². The van der Waals surface area contributed by atoms with Gasteiger partial charge >= 0.3 is 0 Å². The van der Waals surface area contributed by atoms with Gasteiger partial charge in [0.15, 0.2) is 0 Å². The van der Waals surface area contributed by atoms with E-state index in [9.17, 15) is 9.59 Å². The Morgan fingerprint density at radius 3 is 1.42 bits per heavy atom. The average Bonchev–Trinajstić information content (AvgIpc) is 2.85. The maximum absolute atomic E-state index is 13.0. The second-order valence-corrected chi connectivity index (χ2v) is 7.76. The highest BCUT2D eigenvalue weighted by molar-refractivity contribution is 9.10. The summed E-state index contributed by atoms with van der Waals surface area (Å²) in [6.45, 7) is 0. The fourth-order valence-corrected chi connectivity index (χ4v) is 3.51. The minimum Gasteiger partial charge on any atom is -0.497 e. The molecule has 0 aromatic heterocycles. The molecule has 0 saturated carbocycles. The molecule has 0 amide bonds. The van der Waals surface area contributed by atoms with Gasteiger partial charge in [-0.25, -0.2) is 0 Å². The van der Waals surface area contributed by atoms with E-state index >= 15 is 0 Å². The summed E-state index contributed by atoms with van der Waals surface area (Å²) in [7, 11) is 6.07. The number of Topliss-reactive ketones (excluding diaryl/α,β-unsaturated/α-hetero) is 2. The van der Waals surface area contributed by atoms with Crippen molar-refractivity contribution in [3.8, 4) is 34.8 Å². The molecule has 0 aliphatic heterocycles. The highest BCUT2D eigenvalue weighted by atomic mass is 79.9. The maximum Gasteiger partial charge on any atom is 0.233 e. The third-order valence-electron chi connectivity index (χ3n) is 4.68. The first-order valence-corrected chi connectivity index (χ1v) is 10.5. The van der Waals surface area contributed by atoms with Crippen molar-refractivity contribution in [2.24, 2.45) is 0 Å².